The van der Waals surface area contributed by atoms with E-state index in [2.05, 4.69) is 5.32 Å². The smallest absolute Gasteiger partial charge is 0.223 e. The van der Waals surface area contributed by atoms with Crippen LogP contribution in [0.2, 0.25) is 5.02 Å². The van der Waals surface area contributed by atoms with Crippen LogP contribution in [0.15, 0.2) is 24.3 Å². The molecular weight excluding hydrogens is 278 g/mol. The van der Waals surface area contributed by atoms with Gasteiger partial charge in [-0.3, -0.25) is 4.79 Å². The molecule has 1 aromatic carbocycles. The predicted molar refractivity (Wildman–Crippen MR) is 77.9 cm³/mol. The molecule has 1 aromatic rings. The average Bonchev–Trinajstić information content (AvgIpc) is 2.82. The van der Waals surface area contributed by atoms with E-state index in [-0.39, 0.29) is 12.0 Å². The van der Waals surface area contributed by atoms with Crippen molar-refractivity contribution in [1.29, 1.82) is 0 Å². The number of carbonyl (C=O) groups is 1. The summed E-state index contributed by atoms with van der Waals surface area (Å²) in [5.74, 6) is 1.06. The van der Waals surface area contributed by atoms with Crippen molar-refractivity contribution < 1.29 is 14.6 Å². The lowest BCUT2D eigenvalue weighted by atomic mass is 10.1. The van der Waals surface area contributed by atoms with E-state index in [1.807, 2.05) is 12.1 Å². The summed E-state index contributed by atoms with van der Waals surface area (Å²) in [5.41, 5.74) is 0. The van der Waals surface area contributed by atoms with Crippen LogP contribution < -0.4 is 10.1 Å². The van der Waals surface area contributed by atoms with E-state index in [1.54, 1.807) is 12.1 Å². The molecule has 2 unspecified atom stereocenters. The molecule has 0 bridgehead atoms. The number of halogens is 1. The number of nitrogens with one attached hydrogen (secondary N) is 1. The molecule has 5 heteroatoms. The largest absolute Gasteiger partial charge is 0.493 e. The van der Waals surface area contributed by atoms with Crippen molar-refractivity contribution in [2.45, 2.75) is 31.8 Å². The Bertz CT molecular complexity index is 452. The van der Waals surface area contributed by atoms with E-state index in [0.717, 1.165) is 19.3 Å². The lowest BCUT2D eigenvalue weighted by molar-refractivity contribution is -0.121. The molecule has 1 aliphatic carbocycles. The van der Waals surface area contributed by atoms with Gasteiger partial charge in [0.1, 0.15) is 5.75 Å². The van der Waals surface area contributed by atoms with E-state index < -0.39 is 0 Å². The zero-order chi connectivity index (χ0) is 14.4. The first-order valence-corrected chi connectivity index (χ1v) is 7.34. The van der Waals surface area contributed by atoms with Gasteiger partial charge in [-0.15, -0.1) is 0 Å². The molecule has 0 saturated heterocycles. The molecule has 1 aliphatic rings. The maximum atomic E-state index is 11.7. The normalized spacial score (nSPS) is 21.7. The summed E-state index contributed by atoms with van der Waals surface area (Å²) in [5, 5.41) is 12.9. The van der Waals surface area contributed by atoms with Crippen LogP contribution in [0.4, 0.5) is 0 Å². The van der Waals surface area contributed by atoms with E-state index in [0.29, 0.717) is 36.3 Å². The van der Waals surface area contributed by atoms with Crippen LogP contribution in [-0.4, -0.2) is 30.3 Å². The van der Waals surface area contributed by atoms with Crippen molar-refractivity contribution in [1.82, 2.24) is 5.32 Å². The van der Waals surface area contributed by atoms with E-state index >= 15 is 0 Å². The third kappa shape index (κ3) is 5.02. The summed E-state index contributed by atoms with van der Waals surface area (Å²) in [4.78, 5) is 11.7. The maximum absolute atomic E-state index is 11.7. The Morgan fingerprint density at radius 2 is 2.30 bits per heavy atom. The molecule has 0 radical (unpaired) electrons. The van der Waals surface area contributed by atoms with Crippen molar-refractivity contribution in [3.05, 3.63) is 29.3 Å². The lowest BCUT2D eigenvalue weighted by Gasteiger charge is -2.11. The Morgan fingerprint density at radius 1 is 1.45 bits per heavy atom. The second kappa shape index (κ2) is 7.50. The summed E-state index contributed by atoms with van der Waals surface area (Å²) >= 11 is 5.84. The van der Waals surface area contributed by atoms with Crippen LogP contribution in [0.5, 0.6) is 5.75 Å². The van der Waals surface area contributed by atoms with Gasteiger partial charge in [0.05, 0.1) is 19.1 Å². The maximum Gasteiger partial charge on any atom is 0.223 e. The number of benzene rings is 1. The summed E-state index contributed by atoms with van der Waals surface area (Å²) in [6.07, 6.45) is 2.75. The second-order valence-corrected chi connectivity index (χ2v) is 5.63. The highest BCUT2D eigenvalue weighted by Crippen LogP contribution is 2.24. The van der Waals surface area contributed by atoms with Crippen molar-refractivity contribution >= 4 is 17.5 Å². The first-order valence-electron chi connectivity index (χ1n) is 6.96. The highest BCUT2D eigenvalue weighted by molar-refractivity contribution is 6.30. The molecule has 110 valence electrons. The molecular formula is C15H20ClNO3. The number of aliphatic hydroxyl groups is 1. The molecule has 0 aliphatic heterocycles. The quantitative estimate of drug-likeness (QED) is 0.847. The Balaban J connectivity index is 1.60. The van der Waals surface area contributed by atoms with E-state index in [1.165, 1.54) is 0 Å². The van der Waals surface area contributed by atoms with Gasteiger partial charge in [0, 0.05) is 11.6 Å². The van der Waals surface area contributed by atoms with Gasteiger partial charge < -0.3 is 15.2 Å². The minimum atomic E-state index is -0.192. The molecule has 2 rings (SSSR count). The average molecular weight is 298 g/mol. The summed E-state index contributed by atoms with van der Waals surface area (Å²) in [7, 11) is 0. The molecule has 0 heterocycles. The molecule has 2 atom stereocenters. The minimum Gasteiger partial charge on any atom is -0.493 e. The Hall–Kier alpha value is -1.26. The zero-order valence-electron chi connectivity index (χ0n) is 11.3. The molecule has 1 amide bonds. The Kier molecular flexibility index (Phi) is 5.68. The van der Waals surface area contributed by atoms with Gasteiger partial charge in [-0.1, -0.05) is 17.7 Å². The van der Waals surface area contributed by atoms with Gasteiger partial charge in [-0.2, -0.15) is 0 Å². The third-order valence-electron chi connectivity index (χ3n) is 3.50. The van der Waals surface area contributed by atoms with Crippen LogP contribution in [-0.2, 0) is 4.79 Å². The van der Waals surface area contributed by atoms with Crippen molar-refractivity contribution in [2.24, 2.45) is 5.92 Å². The summed E-state index contributed by atoms with van der Waals surface area (Å²) in [6, 6.07) is 7.11. The Morgan fingerprint density at radius 3 is 3.00 bits per heavy atom. The summed E-state index contributed by atoms with van der Waals surface area (Å²) < 4.78 is 5.46. The van der Waals surface area contributed by atoms with E-state index in [4.69, 9.17) is 16.3 Å². The van der Waals surface area contributed by atoms with Gasteiger partial charge in [0.25, 0.3) is 0 Å². The van der Waals surface area contributed by atoms with Crippen molar-refractivity contribution in [3.8, 4) is 5.75 Å². The first-order chi connectivity index (χ1) is 9.63. The molecule has 0 aromatic heterocycles. The van der Waals surface area contributed by atoms with Crippen LogP contribution in [0.1, 0.15) is 25.7 Å². The second-order valence-electron chi connectivity index (χ2n) is 5.19. The number of hydrogen-bond acceptors (Lipinski definition) is 3. The standard InChI is InChI=1S/C15H20ClNO3/c16-12-2-1-3-14(9-12)20-7-6-15(19)17-10-11-4-5-13(18)8-11/h1-3,9,11,13,18H,4-8,10H2,(H,17,19). The third-order valence-corrected chi connectivity index (χ3v) is 3.73. The number of amides is 1. The fourth-order valence-electron chi connectivity index (χ4n) is 2.40. The minimum absolute atomic E-state index is 0.0200. The number of carbonyl (C=O) groups excluding carboxylic acids is 1. The fourth-order valence-corrected chi connectivity index (χ4v) is 2.58. The summed E-state index contributed by atoms with van der Waals surface area (Å²) in [6.45, 7) is 0.979. The number of aliphatic hydroxyl groups excluding tert-OH is 1. The van der Waals surface area contributed by atoms with E-state index in [9.17, 15) is 9.90 Å². The highest BCUT2D eigenvalue weighted by atomic mass is 35.5. The topological polar surface area (TPSA) is 58.6 Å². The van der Waals surface area contributed by atoms with Gasteiger partial charge in [-0.05, 0) is 43.4 Å². The molecule has 1 saturated carbocycles. The van der Waals surface area contributed by atoms with Crippen LogP contribution in [0.25, 0.3) is 0 Å². The molecule has 1 fully saturated rings. The lowest BCUT2D eigenvalue weighted by Crippen LogP contribution is -2.29. The van der Waals surface area contributed by atoms with Crippen LogP contribution in [0.3, 0.4) is 0 Å². The molecule has 0 spiro atoms. The number of ether oxygens (including phenoxy) is 1. The first kappa shape index (κ1) is 15.1. The van der Waals surface area contributed by atoms with Gasteiger partial charge in [0.2, 0.25) is 5.91 Å². The highest BCUT2D eigenvalue weighted by Gasteiger charge is 2.22. The van der Waals surface area contributed by atoms with Crippen molar-refractivity contribution in [3.63, 3.8) is 0 Å². The van der Waals surface area contributed by atoms with Crippen LogP contribution in [0, 0.1) is 5.92 Å². The molecule has 20 heavy (non-hydrogen) atoms. The monoisotopic (exact) mass is 297 g/mol. The van der Waals surface area contributed by atoms with Gasteiger partial charge in [-0.25, -0.2) is 0 Å². The number of rotatable bonds is 6. The van der Waals surface area contributed by atoms with Gasteiger partial charge >= 0.3 is 0 Å². The van der Waals surface area contributed by atoms with Crippen molar-refractivity contribution in [2.75, 3.05) is 13.2 Å². The molecule has 2 N–H and O–H groups in total. The fraction of sp³-hybridized carbons (Fsp3) is 0.533. The predicted octanol–water partition coefficient (Wildman–Crippen LogP) is 2.39. The van der Waals surface area contributed by atoms with Crippen LogP contribution >= 0.6 is 11.6 Å². The SMILES string of the molecule is O=C(CCOc1cccc(Cl)c1)NCC1CCC(O)C1. The molecule has 4 nitrogen and oxygen atoms in total. The Labute approximate surface area is 124 Å². The van der Waals surface area contributed by atoms with Gasteiger partial charge in [0.15, 0.2) is 0 Å². The number of hydrogen-bond donors (Lipinski definition) is 2. The zero-order valence-corrected chi connectivity index (χ0v) is 12.1.